The molecule has 0 saturated heterocycles. The van der Waals surface area contributed by atoms with E-state index < -0.39 is 0 Å². The van der Waals surface area contributed by atoms with Gasteiger partial charge in [0.25, 0.3) is 0 Å². The van der Waals surface area contributed by atoms with E-state index in [0.717, 1.165) is 68.1 Å². The van der Waals surface area contributed by atoms with Gasteiger partial charge in [-0.25, -0.2) is 0 Å². The summed E-state index contributed by atoms with van der Waals surface area (Å²) in [6.45, 7) is 1.71. The van der Waals surface area contributed by atoms with Gasteiger partial charge in [0.05, 0.1) is 29.7 Å². The lowest BCUT2D eigenvalue weighted by Gasteiger charge is -2.18. The summed E-state index contributed by atoms with van der Waals surface area (Å²) >= 11 is 7.97. The normalized spacial score (nSPS) is 13.5. The second-order valence-electron chi connectivity index (χ2n) is 8.19. The molecule has 0 amide bonds. The van der Waals surface area contributed by atoms with Gasteiger partial charge < -0.3 is 18.9 Å². The van der Waals surface area contributed by atoms with Gasteiger partial charge in [-0.1, -0.05) is 23.7 Å². The molecule has 0 saturated carbocycles. The number of aromatic nitrogens is 1. The van der Waals surface area contributed by atoms with E-state index in [0.29, 0.717) is 6.61 Å². The number of benzene rings is 3. The number of methoxy groups -OCH3 is 1. The summed E-state index contributed by atoms with van der Waals surface area (Å²) in [4.78, 5) is 1.06. The van der Waals surface area contributed by atoms with E-state index in [9.17, 15) is 0 Å². The summed E-state index contributed by atoms with van der Waals surface area (Å²) in [7, 11) is 1.68. The Labute approximate surface area is 207 Å². The number of fused-ring (bicyclic) bond motifs is 5. The molecule has 3 heterocycles. The molecule has 3 aromatic carbocycles. The highest BCUT2D eigenvalue weighted by atomic mass is 35.5. The monoisotopic (exact) mass is 492 g/mol. The zero-order valence-electron chi connectivity index (χ0n) is 18.7. The molecular weight excluding hydrogens is 470 g/mol. The van der Waals surface area contributed by atoms with Crippen LogP contribution in [0.1, 0.15) is 5.56 Å². The zero-order chi connectivity index (χ0) is 23.1. The number of nitrogens with zero attached hydrogens (tertiary/aromatic N) is 1. The van der Waals surface area contributed by atoms with Gasteiger partial charge in [-0.15, -0.1) is 11.8 Å². The minimum Gasteiger partial charge on any atom is -0.493 e. The summed E-state index contributed by atoms with van der Waals surface area (Å²) in [6, 6.07) is 18.4. The largest absolute Gasteiger partial charge is 0.493 e. The first-order valence-electron chi connectivity index (χ1n) is 11.2. The fraction of sp³-hybridized carbons (Fsp3) is 0.222. The summed E-state index contributed by atoms with van der Waals surface area (Å²) in [5.41, 5.74) is 3.63. The van der Waals surface area contributed by atoms with E-state index in [-0.39, 0.29) is 6.79 Å². The molecule has 0 aliphatic carbocycles. The van der Waals surface area contributed by atoms with Gasteiger partial charge in [-0.05, 0) is 47.3 Å². The number of halogens is 1. The molecule has 0 N–H and O–H groups in total. The van der Waals surface area contributed by atoms with Crippen molar-refractivity contribution in [1.82, 2.24) is 0 Å². The Kier molecular flexibility index (Phi) is 5.63. The van der Waals surface area contributed by atoms with Crippen molar-refractivity contribution in [2.75, 3.05) is 26.3 Å². The lowest BCUT2D eigenvalue weighted by molar-refractivity contribution is -0.686. The van der Waals surface area contributed by atoms with Crippen LogP contribution in [0.15, 0.2) is 65.7 Å². The Morgan fingerprint density at radius 2 is 1.91 bits per heavy atom. The first-order chi connectivity index (χ1) is 16.7. The number of aryl methyl sites for hydroxylation is 2. The second kappa shape index (κ2) is 8.93. The minimum atomic E-state index is 0.283. The number of ether oxygens (including phenoxy) is 4. The minimum absolute atomic E-state index is 0.283. The molecule has 172 valence electrons. The van der Waals surface area contributed by atoms with Gasteiger partial charge in [0.1, 0.15) is 0 Å². The van der Waals surface area contributed by atoms with Crippen LogP contribution in [0.25, 0.3) is 22.0 Å². The molecule has 0 fully saturated rings. The molecular formula is C27H23ClNO4S+. The van der Waals surface area contributed by atoms with Crippen LogP contribution in [-0.4, -0.2) is 26.3 Å². The van der Waals surface area contributed by atoms with Crippen molar-refractivity contribution >= 4 is 34.1 Å². The Bertz CT molecular complexity index is 1410. The molecule has 2 aliphatic heterocycles. The molecule has 1 aromatic heterocycles. The third kappa shape index (κ3) is 3.81. The van der Waals surface area contributed by atoms with Gasteiger partial charge in [0.15, 0.2) is 35.7 Å². The molecule has 0 spiro atoms. The standard InChI is InChI=1S/C27H23ClNO4S/c1-30-23-7-6-17-12-22-19-14-25-24(32-16-33-25)13-18(19)8-9-29(22)15-20(17)27(23)31-10-11-34-26-5-3-2-4-21(26)28/h2-7,12-15H,8-11,16H2,1H3/q+1. The third-order valence-corrected chi connectivity index (χ3v) is 7.70. The number of hydrogen-bond donors (Lipinski definition) is 0. The van der Waals surface area contributed by atoms with Crippen molar-refractivity contribution in [1.29, 1.82) is 0 Å². The number of pyridine rings is 1. The predicted molar refractivity (Wildman–Crippen MR) is 134 cm³/mol. The van der Waals surface area contributed by atoms with Gasteiger partial charge in [-0.3, -0.25) is 0 Å². The van der Waals surface area contributed by atoms with Crippen molar-refractivity contribution in [3.05, 3.63) is 71.4 Å². The smallest absolute Gasteiger partial charge is 0.231 e. The Morgan fingerprint density at radius 1 is 1.06 bits per heavy atom. The highest BCUT2D eigenvalue weighted by Gasteiger charge is 2.28. The maximum Gasteiger partial charge on any atom is 0.231 e. The first-order valence-corrected chi connectivity index (χ1v) is 12.5. The van der Waals surface area contributed by atoms with E-state index >= 15 is 0 Å². The molecule has 0 unspecified atom stereocenters. The SMILES string of the molecule is COc1ccc2cc3[n+](cc2c1OCCSc1ccccc1Cl)CCc1cc2c(cc1-3)OCO2. The van der Waals surface area contributed by atoms with Crippen LogP contribution in [-0.2, 0) is 13.0 Å². The molecule has 34 heavy (non-hydrogen) atoms. The Hall–Kier alpha value is -3.09. The van der Waals surface area contributed by atoms with Gasteiger partial charge in [-0.2, -0.15) is 4.57 Å². The summed E-state index contributed by atoms with van der Waals surface area (Å²) in [5.74, 6) is 3.93. The van der Waals surface area contributed by atoms with Crippen LogP contribution >= 0.6 is 23.4 Å². The first kappa shape index (κ1) is 21.4. The quantitative estimate of drug-likeness (QED) is 0.190. The lowest BCUT2D eigenvalue weighted by atomic mass is 9.95. The van der Waals surface area contributed by atoms with E-state index in [2.05, 4.69) is 35.0 Å². The maximum atomic E-state index is 6.29. The van der Waals surface area contributed by atoms with Gasteiger partial charge in [0.2, 0.25) is 12.5 Å². The lowest BCUT2D eigenvalue weighted by Crippen LogP contribution is -2.40. The van der Waals surface area contributed by atoms with Crippen LogP contribution in [0, 0.1) is 0 Å². The Morgan fingerprint density at radius 3 is 2.76 bits per heavy atom. The zero-order valence-corrected chi connectivity index (χ0v) is 20.2. The highest BCUT2D eigenvalue weighted by molar-refractivity contribution is 7.99. The summed E-state index contributed by atoms with van der Waals surface area (Å²) < 4.78 is 25.4. The van der Waals surface area contributed by atoms with Crippen molar-refractivity contribution < 1.29 is 23.5 Å². The van der Waals surface area contributed by atoms with Crippen LogP contribution in [0.4, 0.5) is 0 Å². The van der Waals surface area contributed by atoms with E-state index in [1.165, 1.54) is 11.1 Å². The van der Waals surface area contributed by atoms with Crippen molar-refractivity contribution in [2.24, 2.45) is 0 Å². The van der Waals surface area contributed by atoms with Gasteiger partial charge in [0, 0.05) is 23.1 Å². The van der Waals surface area contributed by atoms with E-state index in [1.807, 2.05) is 30.3 Å². The number of rotatable bonds is 6. The van der Waals surface area contributed by atoms with Crippen LogP contribution in [0.2, 0.25) is 5.02 Å². The number of thioether (sulfide) groups is 1. The molecule has 0 atom stereocenters. The van der Waals surface area contributed by atoms with E-state index in [4.69, 9.17) is 30.5 Å². The van der Waals surface area contributed by atoms with Crippen LogP contribution in [0.5, 0.6) is 23.0 Å². The van der Waals surface area contributed by atoms with Crippen molar-refractivity contribution in [3.63, 3.8) is 0 Å². The predicted octanol–water partition coefficient (Wildman–Crippen LogP) is 5.91. The third-order valence-electron chi connectivity index (χ3n) is 6.22. The van der Waals surface area contributed by atoms with Crippen molar-refractivity contribution in [2.45, 2.75) is 17.9 Å². The Balaban J connectivity index is 1.32. The molecule has 7 heteroatoms. The fourth-order valence-corrected chi connectivity index (χ4v) is 5.63. The second-order valence-corrected chi connectivity index (χ2v) is 9.74. The summed E-state index contributed by atoms with van der Waals surface area (Å²) in [5, 5.41) is 2.91. The summed E-state index contributed by atoms with van der Waals surface area (Å²) in [6.07, 6.45) is 3.11. The molecule has 5 nitrogen and oxygen atoms in total. The average molecular weight is 493 g/mol. The highest BCUT2D eigenvalue weighted by Crippen LogP contribution is 2.41. The van der Waals surface area contributed by atoms with Gasteiger partial charge >= 0.3 is 0 Å². The van der Waals surface area contributed by atoms with Crippen LogP contribution < -0.4 is 23.5 Å². The molecule has 4 aromatic rings. The van der Waals surface area contributed by atoms with Crippen LogP contribution in [0.3, 0.4) is 0 Å². The fourth-order valence-electron chi connectivity index (χ4n) is 4.56. The van der Waals surface area contributed by atoms with E-state index in [1.54, 1.807) is 18.9 Å². The average Bonchev–Trinajstić information content (AvgIpc) is 3.32. The molecule has 6 rings (SSSR count). The topological polar surface area (TPSA) is 40.8 Å². The van der Waals surface area contributed by atoms with Crippen molar-refractivity contribution in [3.8, 4) is 34.3 Å². The number of hydrogen-bond acceptors (Lipinski definition) is 5. The molecule has 2 aliphatic rings. The molecule has 0 bridgehead atoms. The molecule has 0 radical (unpaired) electrons. The maximum absolute atomic E-state index is 6.29.